The van der Waals surface area contributed by atoms with Crippen LogP contribution < -0.4 is 0 Å². The van der Waals surface area contributed by atoms with E-state index in [1.54, 1.807) is 0 Å². The van der Waals surface area contributed by atoms with Crippen LogP contribution in [0.3, 0.4) is 0 Å². The molecule has 1 aromatic carbocycles. The summed E-state index contributed by atoms with van der Waals surface area (Å²) in [5, 5.41) is 9.44. The SMILES string of the molecule is CCc1ccc(C(=O)C2CCC(O)CC2)cc1. The van der Waals surface area contributed by atoms with E-state index >= 15 is 0 Å². The van der Waals surface area contributed by atoms with Crippen LogP contribution in [-0.2, 0) is 6.42 Å². The molecule has 2 heteroatoms. The quantitative estimate of drug-likeness (QED) is 0.813. The Balaban J connectivity index is 2.03. The van der Waals surface area contributed by atoms with Crippen LogP contribution in [0, 0.1) is 5.92 Å². The van der Waals surface area contributed by atoms with E-state index in [0.717, 1.165) is 37.7 Å². The molecule has 17 heavy (non-hydrogen) atoms. The summed E-state index contributed by atoms with van der Waals surface area (Å²) in [6.07, 6.45) is 4.00. The van der Waals surface area contributed by atoms with Crippen LogP contribution in [0.25, 0.3) is 0 Å². The number of aliphatic hydroxyl groups is 1. The highest BCUT2D eigenvalue weighted by Crippen LogP contribution is 2.27. The number of benzene rings is 1. The monoisotopic (exact) mass is 232 g/mol. The van der Waals surface area contributed by atoms with E-state index < -0.39 is 0 Å². The Hall–Kier alpha value is -1.15. The van der Waals surface area contributed by atoms with Gasteiger partial charge in [0.25, 0.3) is 0 Å². The number of ketones is 1. The van der Waals surface area contributed by atoms with Crippen molar-refractivity contribution in [3.05, 3.63) is 35.4 Å². The van der Waals surface area contributed by atoms with Crippen molar-refractivity contribution in [1.82, 2.24) is 0 Å². The molecule has 2 nitrogen and oxygen atoms in total. The number of carbonyl (C=O) groups is 1. The Kier molecular flexibility index (Phi) is 3.95. The van der Waals surface area contributed by atoms with Gasteiger partial charge in [0.15, 0.2) is 5.78 Å². The fourth-order valence-corrected chi connectivity index (χ4v) is 2.48. The zero-order chi connectivity index (χ0) is 12.3. The van der Waals surface area contributed by atoms with Crippen molar-refractivity contribution in [3.8, 4) is 0 Å². The molecular weight excluding hydrogens is 212 g/mol. The summed E-state index contributed by atoms with van der Waals surface area (Å²) in [6.45, 7) is 2.11. The summed E-state index contributed by atoms with van der Waals surface area (Å²) in [6, 6.07) is 7.94. The van der Waals surface area contributed by atoms with Gasteiger partial charge in [0.2, 0.25) is 0 Å². The first-order valence-electron chi connectivity index (χ1n) is 6.52. The molecule has 0 spiro atoms. The summed E-state index contributed by atoms with van der Waals surface area (Å²) in [7, 11) is 0. The molecule has 1 aromatic rings. The lowest BCUT2D eigenvalue weighted by Crippen LogP contribution is -2.24. The van der Waals surface area contributed by atoms with Gasteiger partial charge < -0.3 is 5.11 Å². The van der Waals surface area contributed by atoms with E-state index in [2.05, 4.69) is 6.92 Å². The summed E-state index contributed by atoms with van der Waals surface area (Å²) >= 11 is 0. The third-order valence-corrected chi connectivity index (χ3v) is 3.71. The van der Waals surface area contributed by atoms with Gasteiger partial charge in [-0.1, -0.05) is 31.2 Å². The molecule has 0 heterocycles. The Morgan fingerprint density at radius 1 is 1.18 bits per heavy atom. The lowest BCUT2D eigenvalue weighted by Gasteiger charge is -2.24. The summed E-state index contributed by atoms with van der Waals surface area (Å²) in [5.74, 6) is 0.366. The van der Waals surface area contributed by atoms with E-state index in [1.165, 1.54) is 5.56 Å². The van der Waals surface area contributed by atoms with Crippen molar-refractivity contribution in [2.45, 2.75) is 45.1 Å². The van der Waals surface area contributed by atoms with E-state index in [-0.39, 0.29) is 17.8 Å². The number of rotatable bonds is 3. The minimum Gasteiger partial charge on any atom is -0.393 e. The maximum Gasteiger partial charge on any atom is 0.165 e. The Bertz CT molecular complexity index is 372. The van der Waals surface area contributed by atoms with Crippen molar-refractivity contribution in [3.63, 3.8) is 0 Å². The third-order valence-electron chi connectivity index (χ3n) is 3.71. The molecule has 0 saturated heterocycles. The number of hydrogen-bond donors (Lipinski definition) is 1. The van der Waals surface area contributed by atoms with Gasteiger partial charge in [0.1, 0.15) is 0 Å². The summed E-state index contributed by atoms with van der Waals surface area (Å²) in [5.41, 5.74) is 2.09. The molecule has 0 bridgehead atoms. The molecule has 1 N–H and O–H groups in total. The summed E-state index contributed by atoms with van der Waals surface area (Å²) < 4.78 is 0. The van der Waals surface area contributed by atoms with Crippen LogP contribution in [0.5, 0.6) is 0 Å². The molecule has 0 aromatic heterocycles. The topological polar surface area (TPSA) is 37.3 Å². The minimum atomic E-state index is -0.193. The van der Waals surface area contributed by atoms with Crippen LogP contribution >= 0.6 is 0 Å². The van der Waals surface area contributed by atoms with Crippen molar-refractivity contribution < 1.29 is 9.90 Å². The maximum absolute atomic E-state index is 12.2. The number of aliphatic hydroxyl groups excluding tert-OH is 1. The maximum atomic E-state index is 12.2. The van der Waals surface area contributed by atoms with Gasteiger partial charge in [-0.2, -0.15) is 0 Å². The smallest absolute Gasteiger partial charge is 0.165 e. The average molecular weight is 232 g/mol. The first kappa shape index (κ1) is 12.3. The second kappa shape index (κ2) is 5.46. The Labute approximate surface area is 103 Å². The van der Waals surface area contributed by atoms with Crippen molar-refractivity contribution >= 4 is 5.78 Å². The number of carbonyl (C=O) groups excluding carboxylic acids is 1. The van der Waals surface area contributed by atoms with Gasteiger partial charge in [0, 0.05) is 11.5 Å². The number of aryl methyl sites for hydroxylation is 1. The molecule has 0 unspecified atom stereocenters. The van der Waals surface area contributed by atoms with Gasteiger partial charge in [-0.25, -0.2) is 0 Å². The zero-order valence-corrected chi connectivity index (χ0v) is 10.4. The Morgan fingerprint density at radius 2 is 1.76 bits per heavy atom. The predicted molar refractivity (Wildman–Crippen MR) is 68.1 cm³/mol. The van der Waals surface area contributed by atoms with Crippen LogP contribution in [0.4, 0.5) is 0 Å². The van der Waals surface area contributed by atoms with Gasteiger partial charge in [-0.15, -0.1) is 0 Å². The van der Waals surface area contributed by atoms with Gasteiger partial charge >= 0.3 is 0 Å². The van der Waals surface area contributed by atoms with Crippen LogP contribution in [0.1, 0.15) is 48.5 Å². The van der Waals surface area contributed by atoms with E-state index in [9.17, 15) is 9.90 Å². The first-order chi connectivity index (χ1) is 8.20. The fourth-order valence-electron chi connectivity index (χ4n) is 2.48. The normalized spacial score (nSPS) is 24.6. The van der Waals surface area contributed by atoms with Crippen molar-refractivity contribution in [2.24, 2.45) is 5.92 Å². The second-order valence-corrected chi connectivity index (χ2v) is 4.92. The molecular formula is C15H20O2. The molecule has 2 rings (SSSR count). The van der Waals surface area contributed by atoms with Crippen molar-refractivity contribution in [1.29, 1.82) is 0 Å². The predicted octanol–water partition coefficient (Wildman–Crippen LogP) is 2.98. The third kappa shape index (κ3) is 2.95. The van der Waals surface area contributed by atoms with Gasteiger partial charge in [0.05, 0.1) is 6.10 Å². The van der Waals surface area contributed by atoms with E-state index in [4.69, 9.17) is 0 Å². The molecule has 0 aliphatic heterocycles. The lowest BCUT2D eigenvalue weighted by atomic mass is 9.82. The molecule has 92 valence electrons. The highest BCUT2D eigenvalue weighted by molar-refractivity contribution is 5.97. The average Bonchev–Trinajstić information content (AvgIpc) is 2.39. The largest absolute Gasteiger partial charge is 0.393 e. The molecule has 1 fully saturated rings. The summed E-state index contributed by atoms with van der Waals surface area (Å²) in [4.78, 5) is 12.2. The van der Waals surface area contributed by atoms with Gasteiger partial charge in [-0.3, -0.25) is 4.79 Å². The molecule has 1 saturated carbocycles. The fraction of sp³-hybridized carbons (Fsp3) is 0.533. The number of Topliss-reactive ketones (excluding diaryl/α,β-unsaturated/α-hetero) is 1. The standard InChI is InChI=1S/C15H20O2/c1-2-11-3-5-12(6-4-11)15(17)13-7-9-14(16)10-8-13/h3-6,13-14,16H,2,7-10H2,1H3. The highest BCUT2D eigenvalue weighted by Gasteiger charge is 2.25. The molecule has 0 radical (unpaired) electrons. The molecule has 1 aliphatic rings. The molecule has 1 aliphatic carbocycles. The highest BCUT2D eigenvalue weighted by atomic mass is 16.3. The van der Waals surface area contributed by atoms with Crippen LogP contribution in [0.2, 0.25) is 0 Å². The molecule has 0 amide bonds. The number of hydrogen-bond acceptors (Lipinski definition) is 2. The first-order valence-corrected chi connectivity index (χ1v) is 6.52. The zero-order valence-electron chi connectivity index (χ0n) is 10.4. The van der Waals surface area contributed by atoms with Gasteiger partial charge in [-0.05, 0) is 37.7 Å². The van der Waals surface area contributed by atoms with Crippen LogP contribution in [-0.4, -0.2) is 17.0 Å². The van der Waals surface area contributed by atoms with E-state index in [1.807, 2.05) is 24.3 Å². The van der Waals surface area contributed by atoms with E-state index in [0.29, 0.717) is 0 Å². The molecule has 0 atom stereocenters. The van der Waals surface area contributed by atoms with Crippen LogP contribution in [0.15, 0.2) is 24.3 Å². The van der Waals surface area contributed by atoms with Crippen molar-refractivity contribution in [2.75, 3.05) is 0 Å². The Morgan fingerprint density at radius 3 is 2.29 bits per heavy atom. The second-order valence-electron chi connectivity index (χ2n) is 4.92. The lowest BCUT2D eigenvalue weighted by molar-refractivity contribution is 0.0764. The minimum absolute atomic E-state index is 0.117.